The summed E-state index contributed by atoms with van der Waals surface area (Å²) in [6.07, 6.45) is 0. The van der Waals surface area contributed by atoms with Gasteiger partial charge in [-0.15, -0.1) is 0 Å². The third-order valence-corrected chi connectivity index (χ3v) is 22.1. The lowest BCUT2D eigenvalue weighted by Gasteiger charge is -2.40. The summed E-state index contributed by atoms with van der Waals surface area (Å²) in [5.41, 5.74) is 12.6. The van der Waals surface area contributed by atoms with Crippen LogP contribution in [0.1, 0.15) is 211 Å². The molecule has 0 fully saturated rings. The maximum absolute atomic E-state index is 12.1. The predicted octanol–water partition coefficient (Wildman–Crippen LogP) is 16.2. The highest BCUT2D eigenvalue weighted by Gasteiger charge is 2.27. The summed E-state index contributed by atoms with van der Waals surface area (Å²) in [5, 5.41) is 38.7. The van der Waals surface area contributed by atoms with Crippen molar-refractivity contribution < 1.29 is 23.8 Å². The van der Waals surface area contributed by atoms with Gasteiger partial charge in [-0.05, 0) is 136 Å². The third kappa shape index (κ3) is 10.9. The fourth-order valence-corrected chi connectivity index (χ4v) is 15.8. The second-order valence-corrected chi connectivity index (χ2v) is 38.0. The van der Waals surface area contributed by atoms with Crippen molar-refractivity contribution in [1.29, 1.82) is 0 Å². The maximum Gasteiger partial charge on any atom is 0.177 e. The first kappa shape index (κ1) is 67.2. The molecule has 16 aromatic rings. The number of nitrogens with zero attached hydrogens (tertiary/aromatic N) is 8. The third-order valence-electron chi connectivity index (χ3n) is 22.1. The summed E-state index contributed by atoms with van der Waals surface area (Å²) < 4.78 is 23.4. The van der Waals surface area contributed by atoms with Crippen LogP contribution < -0.4 is 13.7 Å². The van der Waals surface area contributed by atoms with Crippen molar-refractivity contribution in [2.45, 2.75) is 209 Å². The maximum atomic E-state index is 12.1. The number of rotatable bonds is 6. The minimum atomic E-state index is -1.07. The van der Waals surface area contributed by atoms with Gasteiger partial charge in [0, 0.05) is 65.7 Å². The van der Waals surface area contributed by atoms with Gasteiger partial charge in [0.1, 0.15) is 40.1 Å². The van der Waals surface area contributed by atoms with Crippen molar-refractivity contribution in [3.8, 4) is 0 Å². The summed E-state index contributed by atoms with van der Waals surface area (Å²) >= 11 is 0. The van der Waals surface area contributed by atoms with Crippen LogP contribution in [0.5, 0.6) is 0 Å². The molecule has 0 saturated carbocycles. The Morgan fingerprint density at radius 3 is 0.505 bits per heavy atom. The van der Waals surface area contributed by atoms with Crippen molar-refractivity contribution in [2.24, 2.45) is 0 Å². The highest BCUT2D eigenvalue weighted by Crippen LogP contribution is 2.44. The normalized spacial score (nSPS) is 13.8. The van der Waals surface area contributed by atoms with E-state index in [2.05, 4.69) is 263 Å². The molecular formula is C80H90B8N8O5-8. The van der Waals surface area contributed by atoms with Crippen LogP contribution in [0.3, 0.4) is 0 Å². The van der Waals surface area contributed by atoms with Gasteiger partial charge in [0.05, 0.1) is 0 Å². The van der Waals surface area contributed by atoms with Crippen LogP contribution in [0.15, 0.2) is 97.1 Å². The molecule has 13 nitrogen and oxygen atoms in total. The van der Waals surface area contributed by atoms with E-state index in [9.17, 15) is 10.0 Å². The summed E-state index contributed by atoms with van der Waals surface area (Å²) in [4.78, 5) is 44.2. The SMILES string of the molecule is CC(C)(C)c1cc2n[b-](O)c3cc(C(C)(C)C)cc4[b-](O[b-]5nc6cc(C(C)(C)C)cc7n[b-](O[b-]8nc9cc(C(C)(C)C)cc%10n[b-](O[b-]%11nc%12cc(C(C)(C)C)cc%13n[b-](O)c%14cc(C(C)(C)C)cc%11c%14c%13%12)c%11cc(C(C)(C)C)cc8c%11c%109)c8cc(C(C)(C)C)cc5c8c67)nc(c1)c2c34. The van der Waals surface area contributed by atoms with Gasteiger partial charge in [0.25, 0.3) is 0 Å². The van der Waals surface area contributed by atoms with Crippen LogP contribution in [-0.4, -0.2) is 103 Å². The molecule has 0 aliphatic carbocycles. The second kappa shape index (κ2) is 21.6. The number of aromatic nitrogens is 8. The first-order chi connectivity index (χ1) is 46.8. The Morgan fingerprint density at radius 2 is 0.337 bits per heavy atom. The van der Waals surface area contributed by atoms with Gasteiger partial charge in [0.15, 0.2) is 13.4 Å². The van der Waals surface area contributed by atoms with Gasteiger partial charge in [-0.2, -0.15) is 42.3 Å². The lowest BCUT2D eigenvalue weighted by Crippen LogP contribution is -2.31. The molecule has 101 heavy (non-hydrogen) atoms. The van der Waals surface area contributed by atoms with E-state index in [1.54, 1.807) is 0 Å². The Morgan fingerprint density at radius 1 is 0.198 bits per heavy atom. The summed E-state index contributed by atoms with van der Waals surface area (Å²) in [6, 6.07) is 35.5. The Balaban J connectivity index is 0.979. The van der Waals surface area contributed by atoms with Gasteiger partial charge in [-0.1, -0.05) is 236 Å². The molecule has 0 amide bonds. The van der Waals surface area contributed by atoms with E-state index in [0.717, 1.165) is 174 Å². The van der Waals surface area contributed by atoms with Gasteiger partial charge >= 0.3 is 0 Å². The van der Waals surface area contributed by atoms with Gasteiger partial charge in [-0.25, -0.2) is 0 Å². The van der Waals surface area contributed by atoms with Crippen molar-refractivity contribution in [3.63, 3.8) is 0 Å². The van der Waals surface area contributed by atoms with Crippen LogP contribution in [0.25, 0.3) is 129 Å². The monoisotopic (exact) mass is 1330 g/mol. The fraction of sp³-hybridized carbons (Fsp3) is 0.400. The highest BCUT2D eigenvalue weighted by molar-refractivity contribution is 6.77. The van der Waals surface area contributed by atoms with Crippen LogP contribution in [0, 0.1) is 0 Å². The Bertz CT molecular complexity index is 5870. The highest BCUT2D eigenvalue weighted by atomic mass is 16.4. The molecule has 8 heterocycles. The van der Waals surface area contributed by atoms with Crippen molar-refractivity contribution in [2.75, 3.05) is 0 Å². The predicted molar refractivity (Wildman–Crippen MR) is 431 cm³/mol. The molecule has 0 aliphatic rings. The van der Waals surface area contributed by atoms with Gasteiger partial charge < -0.3 is 62.9 Å². The number of hydrogen-bond acceptors (Lipinski definition) is 13. The topological polar surface area (TPSA) is 171 Å². The standard InChI is InChI=1S/C80H90B8N8O5/c1-73(2,3)41-25-49-65-51(27-41)83(91-59-35-45(77(13,14)15)33-57(69(59)65)89-81(49)97)99-85-53-29-43(75(7,8)9)31-55-67(53)71-61(93-85)37-47(79(19,20)21)39-63(71)95-87(55)101-88-56-32-44(76(10,11)12)30-54-68(56)72-62(38-48(80(22,23)24)40-64(72)96-88)94-86(54)100-84-52-28-42(74(4,5)6)26-50-66(52)70-58(90-82(50)98)34-46(78(16,17)18)36-60(70)92-84/h25-40,97-98H,1-24H3/q-8. The Hall–Kier alpha value is -8.32. The average Bonchev–Trinajstić information content (AvgIpc) is 0.722. The molecular weight excluding hydrogens is 1240 g/mol. The zero-order valence-corrected chi connectivity index (χ0v) is 63.6. The first-order valence-corrected chi connectivity index (χ1v) is 36.3. The number of hydrogen-bond donors (Lipinski definition) is 2. The number of benzene rings is 8. The van der Waals surface area contributed by atoms with Crippen LogP contribution in [0.4, 0.5) is 0 Å². The summed E-state index contributed by atoms with van der Waals surface area (Å²) in [5.74, 6) is 0. The Labute approximate surface area is 593 Å². The van der Waals surface area contributed by atoms with E-state index >= 15 is 0 Å². The molecule has 0 unspecified atom stereocenters. The first-order valence-electron chi connectivity index (χ1n) is 36.3. The minimum absolute atomic E-state index is 0.227. The molecule has 8 aromatic heterocycles. The average molecular weight is 1330 g/mol. The van der Waals surface area contributed by atoms with E-state index in [-0.39, 0.29) is 43.3 Å². The van der Waals surface area contributed by atoms with Crippen molar-refractivity contribution in [1.82, 2.24) is 39.1 Å². The molecule has 2 N–H and O–H groups in total. The Kier molecular flexibility index (Phi) is 14.4. The minimum Gasteiger partial charge on any atom is -0.959 e. The molecule has 0 saturated heterocycles. The van der Waals surface area contributed by atoms with Crippen LogP contribution in [0.2, 0.25) is 0 Å². The van der Waals surface area contributed by atoms with Gasteiger partial charge in [0.2, 0.25) is 0 Å². The molecule has 0 bridgehead atoms. The molecule has 0 atom stereocenters. The molecule has 16 rings (SSSR count). The van der Waals surface area contributed by atoms with E-state index in [0.29, 0.717) is 0 Å². The van der Waals surface area contributed by atoms with Gasteiger partial charge in [-0.3, -0.25) is 0 Å². The molecule has 0 aliphatic heterocycles. The lowest BCUT2D eigenvalue weighted by molar-refractivity contribution is 0.589. The largest absolute Gasteiger partial charge is 0.959 e. The van der Waals surface area contributed by atoms with E-state index < -0.39 is 53.5 Å². The quantitative estimate of drug-likeness (QED) is 0.151. The summed E-state index contributed by atoms with van der Waals surface area (Å²) in [7, 11) is 0. The molecule has 0 spiro atoms. The van der Waals surface area contributed by atoms with Crippen LogP contribution >= 0.6 is 0 Å². The smallest absolute Gasteiger partial charge is 0.177 e. The van der Waals surface area contributed by atoms with Crippen molar-refractivity contribution >= 4 is 183 Å². The van der Waals surface area contributed by atoms with E-state index in [4.69, 9.17) is 52.8 Å². The zero-order valence-electron chi connectivity index (χ0n) is 63.6. The molecule has 8 aromatic carbocycles. The molecule has 512 valence electrons. The zero-order chi connectivity index (χ0) is 72.2. The fourth-order valence-electron chi connectivity index (χ4n) is 15.8. The molecule has 21 heteroatoms. The summed E-state index contributed by atoms with van der Waals surface area (Å²) in [6.45, 7) is 46.2. The van der Waals surface area contributed by atoms with E-state index in [1.807, 2.05) is 0 Å². The van der Waals surface area contributed by atoms with Crippen LogP contribution in [-0.2, 0) is 43.3 Å². The second-order valence-electron chi connectivity index (χ2n) is 38.0. The van der Waals surface area contributed by atoms with Crippen molar-refractivity contribution in [3.05, 3.63) is 142 Å². The lowest BCUT2D eigenvalue weighted by atomic mass is 9.69. The molecule has 0 radical (unpaired) electrons. The van der Waals surface area contributed by atoms with E-state index in [1.165, 1.54) is 0 Å².